The minimum atomic E-state index is -0.562. The first-order chi connectivity index (χ1) is 8.94. The summed E-state index contributed by atoms with van der Waals surface area (Å²) in [6.07, 6.45) is 0.695. The van der Waals surface area contributed by atoms with Crippen LogP contribution in [-0.4, -0.2) is 31.9 Å². The molecule has 5 heteroatoms. The number of aldehydes is 1. The molecule has 0 fully saturated rings. The third kappa shape index (κ3) is 5.59. The molecule has 1 aromatic carbocycles. The predicted octanol–water partition coefficient (Wildman–Crippen LogP) is 2.39. The summed E-state index contributed by atoms with van der Waals surface area (Å²) < 4.78 is 4.94. The van der Waals surface area contributed by atoms with Crippen molar-refractivity contribution in [3.63, 3.8) is 0 Å². The summed E-state index contributed by atoms with van der Waals surface area (Å²) in [5.41, 5.74) is 0.387. The van der Waals surface area contributed by atoms with Crippen molar-refractivity contribution in [2.75, 3.05) is 7.11 Å². The minimum Gasteiger partial charge on any atom is -0.496 e. The van der Waals surface area contributed by atoms with E-state index in [0.717, 1.165) is 0 Å². The van der Waals surface area contributed by atoms with Crippen molar-refractivity contribution in [2.45, 2.75) is 45.1 Å². The molecule has 0 heterocycles. The van der Waals surface area contributed by atoms with Gasteiger partial charge in [-0.25, -0.2) is 0 Å². The summed E-state index contributed by atoms with van der Waals surface area (Å²) in [5.74, 6) is 0.454. The normalized spacial score (nSPS) is 11.4. The second-order valence-corrected chi connectivity index (χ2v) is 6.56. The van der Waals surface area contributed by atoms with E-state index < -0.39 is 5.60 Å². The second kappa shape index (κ2) is 7.18. The van der Waals surface area contributed by atoms with E-state index in [2.05, 4.69) is 12.6 Å². The summed E-state index contributed by atoms with van der Waals surface area (Å²) in [7, 11) is 6.99. The smallest absolute Gasteiger partial charge is 0.154 e. The van der Waals surface area contributed by atoms with Gasteiger partial charge in [0.2, 0.25) is 0 Å². The zero-order chi connectivity index (χ0) is 16.1. The summed E-state index contributed by atoms with van der Waals surface area (Å²) in [5, 5.41) is 9.35. The van der Waals surface area contributed by atoms with Crippen LogP contribution in [0.3, 0.4) is 0 Å². The maximum Gasteiger partial charge on any atom is 0.154 e. The van der Waals surface area contributed by atoms with Gasteiger partial charge in [0.25, 0.3) is 0 Å². The number of hydrogen-bond donors (Lipinski definition) is 2. The monoisotopic (exact) mass is 294 g/mol. The van der Waals surface area contributed by atoms with Crippen molar-refractivity contribution >= 4 is 32.2 Å². The Morgan fingerprint density at radius 3 is 2.00 bits per heavy atom. The van der Waals surface area contributed by atoms with Gasteiger partial charge in [-0.2, -0.15) is 0 Å². The van der Waals surface area contributed by atoms with Crippen LogP contribution in [0.2, 0.25) is 0 Å². The number of thiol groups is 1. The van der Waals surface area contributed by atoms with E-state index in [9.17, 15) is 9.90 Å². The molecule has 0 unspecified atom stereocenters. The van der Waals surface area contributed by atoms with Gasteiger partial charge < -0.3 is 9.84 Å². The number of carbonyl (C=O) groups excluding carboxylic acids is 1. The van der Waals surface area contributed by atoms with Crippen LogP contribution in [0.25, 0.3) is 0 Å². The second-order valence-electron chi connectivity index (χ2n) is 6.08. The zero-order valence-corrected chi connectivity index (χ0v) is 13.9. The number of rotatable bonds is 2. The van der Waals surface area contributed by atoms with Gasteiger partial charge in [0.15, 0.2) is 6.29 Å². The highest BCUT2D eigenvalue weighted by Gasteiger charge is 2.29. The molecule has 2 radical (unpaired) electrons. The van der Waals surface area contributed by atoms with E-state index in [1.54, 1.807) is 12.1 Å². The highest BCUT2D eigenvalue weighted by atomic mass is 32.1. The summed E-state index contributed by atoms with van der Waals surface area (Å²) in [6.45, 7) is 9.72. The molecule has 0 aliphatic heterocycles. The predicted molar refractivity (Wildman–Crippen MR) is 86.8 cm³/mol. The number of ether oxygens (including phenoxy) is 1. The van der Waals surface area contributed by atoms with Gasteiger partial charge in [0.1, 0.15) is 13.6 Å². The van der Waals surface area contributed by atoms with Crippen LogP contribution >= 0.6 is 12.6 Å². The first-order valence-electron chi connectivity index (χ1n) is 6.28. The molecule has 1 aromatic rings. The van der Waals surface area contributed by atoms with Crippen LogP contribution in [0, 0.1) is 5.41 Å². The first-order valence-corrected chi connectivity index (χ1v) is 6.72. The lowest BCUT2D eigenvalue weighted by Crippen LogP contribution is -2.35. The van der Waals surface area contributed by atoms with Gasteiger partial charge in [-0.15, -0.1) is 12.6 Å². The molecule has 0 bridgehead atoms. The maximum absolute atomic E-state index is 10.5. The zero-order valence-electron chi connectivity index (χ0n) is 13.0. The maximum atomic E-state index is 10.5. The quantitative estimate of drug-likeness (QED) is 0.500. The molecule has 20 heavy (non-hydrogen) atoms. The lowest BCUT2D eigenvalue weighted by atomic mass is 9.79. The van der Waals surface area contributed by atoms with Crippen LogP contribution in [0.5, 0.6) is 5.75 Å². The highest BCUT2D eigenvalue weighted by Crippen LogP contribution is 2.28. The number of hydrogen-bond acceptors (Lipinski definition) is 4. The van der Waals surface area contributed by atoms with Gasteiger partial charge in [-0.05, 0) is 25.3 Å². The van der Waals surface area contributed by atoms with Crippen molar-refractivity contribution in [3.8, 4) is 5.75 Å². The molecule has 1 rings (SSSR count). The van der Waals surface area contributed by atoms with Crippen LogP contribution < -0.4 is 10.2 Å². The fraction of sp³-hybridized carbons (Fsp3) is 0.533. The number of benzene rings is 1. The fourth-order valence-electron chi connectivity index (χ4n) is 0.920. The largest absolute Gasteiger partial charge is 0.496 e. The number of aliphatic hydroxyl groups is 1. The fourth-order valence-corrected chi connectivity index (χ4v) is 1.23. The molecule has 0 saturated heterocycles. The Kier molecular flexibility index (Phi) is 6.85. The third-order valence-corrected chi connectivity index (χ3v) is 3.69. The molecule has 0 aromatic heterocycles. The van der Waals surface area contributed by atoms with E-state index in [4.69, 9.17) is 12.6 Å². The Morgan fingerprint density at radius 1 is 1.25 bits per heavy atom. The summed E-state index contributed by atoms with van der Waals surface area (Å²) in [6, 6.07) is 3.19. The molecule has 110 valence electrons. The Morgan fingerprint density at radius 2 is 1.70 bits per heavy atom. The van der Waals surface area contributed by atoms with Crippen molar-refractivity contribution in [3.05, 3.63) is 17.7 Å². The Labute approximate surface area is 128 Å². The van der Waals surface area contributed by atoms with Gasteiger partial charge in [0.05, 0.1) is 18.3 Å². The average Bonchev–Trinajstić information content (AvgIpc) is 2.26. The van der Waals surface area contributed by atoms with E-state index >= 15 is 0 Å². The SMILES string of the molecule is CC(C)(C)C(C)(C)O.[B]c1cc(S)c(C=O)c(OC)c1. The Balaban J connectivity index is 0.000000396. The van der Waals surface area contributed by atoms with Crippen molar-refractivity contribution in [1.29, 1.82) is 0 Å². The number of methoxy groups -OCH3 is 1. The highest BCUT2D eigenvalue weighted by molar-refractivity contribution is 7.80. The molecular formula is C15H23BO3S. The lowest BCUT2D eigenvalue weighted by Gasteiger charge is -2.33. The van der Waals surface area contributed by atoms with Gasteiger partial charge in [-0.1, -0.05) is 32.3 Å². The van der Waals surface area contributed by atoms with Gasteiger partial charge in [0, 0.05) is 4.90 Å². The molecule has 0 saturated carbocycles. The van der Waals surface area contributed by atoms with Crippen molar-refractivity contribution in [1.82, 2.24) is 0 Å². The third-order valence-electron chi connectivity index (χ3n) is 3.32. The molecule has 0 spiro atoms. The average molecular weight is 294 g/mol. The standard InChI is InChI=1S/C8H7BO2S.C7H16O/c1-11-7-2-5(9)3-8(12)6(7)4-10;1-6(2,3)7(4,5)8/h2-4,12H,1H3;8H,1-5H3. The molecule has 1 N–H and O–H groups in total. The first kappa shape index (κ1) is 19.1. The van der Waals surface area contributed by atoms with E-state index in [1.165, 1.54) is 7.11 Å². The Hall–Kier alpha value is -0.935. The molecule has 0 amide bonds. The van der Waals surface area contributed by atoms with Crippen LogP contribution in [-0.2, 0) is 0 Å². The molecule has 0 atom stereocenters. The minimum absolute atomic E-state index is 0.00694. The van der Waals surface area contributed by atoms with Gasteiger partial charge in [-0.3, -0.25) is 4.79 Å². The van der Waals surface area contributed by atoms with Crippen LogP contribution in [0.15, 0.2) is 17.0 Å². The molecule has 3 nitrogen and oxygen atoms in total. The van der Waals surface area contributed by atoms with Crippen molar-refractivity contribution in [2.24, 2.45) is 5.41 Å². The van der Waals surface area contributed by atoms with Gasteiger partial charge >= 0.3 is 0 Å². The summed E-state index contributed by atoms with van der Waals surface area (Å²) >= 11 is 4.08. The Bertz CT molecular complexity index is 447. The molecule has 0 aliphatic rings. The van der Waals surface area contributed by atoms with E-state index in [1.807, 2.05) is 34.6 Å². The number of carbonyl (C=O) groups is 1. The summed E-state index contributed by atoms with van der Waals surface area (Å²) in [4.78, 5) is 11.1. The van der Waals surface area contributed by atoms with E-state index in [0.29, 0.717) is 28.0 Å². The topological polar surface area (TPSA) is 46.5 Å². The lowest BCUT2D eigenvalue weighted by molar-refractivity contribution is -0.0238. The molecule has 0 aliphatic carbocycles. The molecular weight excluding hydrogens is 271 g/mol. The van der Waals surface area contributed by atoms with Crippen LogP contribution in [0.1, 0.15) is 45.0 Å². The van der Waals surface area contributed by atoms with Crippen molar-refractivity contribution < 1.29 is 14.6 Å². The van der Waals surface area contributed by atoms with E-state index in [-0.39, 0.29) is 5.41 Å². The van der Waals surface area contributed by atoms with Crippen LogP contribution in [0.4, 0.5) is 0 Å².